The highest BCUT2D eigenvalue weighted by Crippen LogP contribution is 2.30. The molecule has 2 aromatic rings. The molecule has 1 aromatic heterocycles. The van der Waals surface area contributed by atoms with Crippen LogP contribution in [0.3, 0.4) is 0 Å². The Morgan fingerprint density at radius 1 is 1.29 bits per heavy atom. The highest BCUT2D eigenvalue weighted by molar-refractivity contribution is 7.18. The molecular weight excluding hydrogens is 322 g/mol. The second kappa shape index (κ2) is 6.73. The Morgan fingerprint density at radius 3 is 2.58 bits per heavy atom. The zero-order valence-electron chi connectivity index (χ0n) is 14.2. The molecule has 2 amide bonds. The largest absolute Gasteiger partial charge is 0.321 e. The number of rotatable bonds is 4. The molecule has 1 saturated heterocycles. The van der Waals surface area contributed by atoms with Gasteiger partial charge in [0.1, 0.15) is 4.88 Å². The number of nitrogens with one attached hydrogen (secondary N) is 1. The smallest absolute Gasteiger partial charge is 0.267 e. The lowest BCUT2D eigenvalue weighted by Gasteiger charge is -2.10. The predicted molar refractivity (Wildman–Crippen MR) is 96.9 cm³/mol. The van der Waals surface area contributed by atoms with Gasteiger partial charge in [-0.1, -0.05) is 24.3 Å². The fraction of sp³-hybridized carbons (Fsp3) is 0.389. The number of carbonyl (C=O) groups excluding carboxylic acids is 2. The number of nitrogens with zero attached hydrogens (tertiary/aromatic N) is 2. The van der Waals surface area contributed by atoms with Gasteiger partial charge < -0.3 is 5.32 Å². The molecule has 3 rings (SSSR count). The molecule has 0 bridgehead atoms. The molecule has 1 aliphatic heterocycles. The predicted octanol–water partition coefficient (Wildman–Crippen LogP) is 3.70. The Bertz CT molecular complexity index is 777. The van der Waals surface area contributed by atoms with Crippen molar-refractivity contribution in [3.8, 4) is 0 Å². The molecule has 0 saturated carbocycles. The van der Waals surface area contributed by atoms with Crippen molar-refractivity contribution in [3.05, 3.63) is 39.9 Å². The van der Waals surface area contributed by atoms with Gasteiger partial charge in [-0.05, 0) is 49.9 Å². The lowest BCUT2D eigenvalue weighted by atomic mass is 10.1. The fourth-order valence-corrected chi connectivity index (χ4v) is 4.05. The molecule has 5 nitrogen and oxygen atoms in total. The van der Waals surface area contributed by atoms with Crippen LogP contribution in [-0.2, 0) is 11.2 Å². The van der Waals surface area contributed by atoms with E-state index in [0.717, 1.165) is 28.9 Å². The minimum Gasteiger partial charge on any atom is -0.321 e. The quantitative estimate of drug-likeness (QED) is 0.921. The summed E-state index contributed by atoms with van der Waals surface area (Å²) in [6.45, 7) is 6.67. The number of hydrogen-bond acceptors (Lipinski definition) is 4. The SMILES string of the molecule is CCc1nc(N2CCCC2=O)sc1C(=O)Nc1cc(C)cc(C)c1. The minimum absolute atomic E-state index is 0.0904. The fourth-order valence-electron chi connectivity index (χ4n) is 2.96. The van der Waals surface area contributed by atoms with Crippen LogP contribution < -0.4 is 10.2 Å². The summed E-state index contributed by atoms with van der Waals surface area (Å²) in [4.78, 5) is 31.4. The summed E-state index contributed by atoms with van der Waals surface area (Å²) in [5, 5.41) is 3.60. The van der Waals surface area contributed by atoms with Crippen LogP contribution >= 0.6 is 11.3 Å². The van der Waals surface area contributed by atoms with Crippen LogP contribution in [0.5, 0.6) is 0 Å². The van der Waals surface area contributed by atoms with E-state index in [1.54, 1.807) is 4.90 Å². The van der Waals surface area contributed by atoms with Crippen molar-refractivity contribution in [1.82, 2.24) is 4.98 Å². The molecule has 6 heteroatoms. The topological polar surface area (TPSA) is 62.3 Å². The van der Waals surface area contributed by atoms with Crippen molar-refractivity contribution in [2.24, 2.45) is 0 Å². The lowest BCUT2D eigenvalue weighted by Crippen LogP contribution is -2.23. The maximum absolute atomic E-state index is 12.7. The standard InChI is InChI=1S/C18H21N3O2S/c1-4-14-16(24-18(20-14)21-7-5-6-15(21)22)17(23)19-13-9-11(2)8-12(3)10-13/h8-10H,4-7H2,1-3H3,(H,19,23). The van der Waals surface area contributed by atoms with Crippen LogP contribution in [0.25, 0.3) is 0 Å². The number of anilines is 2. The van der Waals surface area contributed by atoms with Crippen LogP contribution in [0.15, 0.2) is 18.2 Å². The average Bonchev–Trinajstić information content (AvgIpc) is 3.11. The Labute approximate surface area is 145 Å². The summed E-state index contributed by atoms with van der Waals surface area (Å²) in [6.07, 6.45) is 2.07. The number of aryl methyl sites for hydroxylation is 3. The normalized spacial score (nSPS) is 14.3. The molecule has 1 aliphatic rings. The second-order valence-corrected chi connectivity index (χ2v) is 7.08. The van der Waals surface area contributed by atoms with E-state index in [9.17, 15) is 9.59 Å². The van der Waals surface area contributed by atoms with E-state index in [1.165, 1.54) is 11.3 Å². The molecule has 0 spiro atoms. The van der Waals surface area contributed by atoms with Crippen molar-refractivity contribution in [3.63, 3.8) is 0 Å². The molecule has 1 N–H and O–H groups in total. The van der Waals surface area contributed by atoms with Gasteiger partial charge in [0.25, 0.3) is 5.91 Å². The Kier molecular flexibility index (Phi) is 4.66. The van der Waals surface area contributed by atoms with Crippen LogP contribution in [0.1, 0.15) is 46.3 Å². The van der Waals surface area contributed by atoms with Crippen molar-refractivity contribution in [2.45, 2.75) is 40.0 Å². The molecular formula is C18H21N3O2S. The number of benzene rings is 1. The summed E-state index contributed by atoms with van der Waals surface area (Å²) < 4.78 is 0. The summed E-state index contributed by atoms with van der Waals surface area (Å²) in [5.41, 5.74) is 3.74. The average molecular weight is 343 g/mol. The van der Waals surface area contributed by atoms with Crippen molar-refractivity contribution in [1.29, 1.82) is 0 Å². The Balaban J connectivity index is 1.86. The lowest BCUT2D eigenvalue weighted by molar-refractivity contribution is -0.117. The third-order valence-corrected chi connectivity index (χ3v) is 5.13. The third-order valence-electron chi connectivity index (χ3n) is 4.01. The Hall–Kier alpha value is -2.21. The van der Waals surface area contributed by atoms with E-state index in [2.05, 4.69) is 16.4 Å². The molecule has 1 aromatic carbocycles. The van der Waals surface area contributed by atoms with Gasteiger partial charge in [-0.3, -0.25) is 14.5 Å². The van der Waals surface area contributed by atoms with Crippen molar-refractivity contribution < 1.29 is 9.59 Å². The summed E-state index contributed by atoms with van der Waals surface area (Å²) >= 11 is 1.30. The molecule has 0 radical (unpaired) electrons. The first-order valence-corrected chi connectivity index (χ1v) is 8.99. The summed E-state index contributed by atoms with van der Waals surface area (Å²) in [6, 6.07) is 5.96. The summed E-state index contributed by atoms with van der Waals surface area (Å²) in [7, 11) is 0. The zero-order chi connectivity index (χ0) is 17.3. The van der Waals surface area contributed by atoms with Gasteiger partial charge in [-0.15, -0.1) is 0 Å². The van der Waals surface area contributed by atoms with E-state index < -0.39 is 0 Å². The molecule has 126 valence electrons. The van der Waals surface area contributed by atoms with Gasteiger partial charge in [0, 0.05) is 18.7 Å². The molecule has 0 atom stereocenters. The molecule has 2 heterocycles. The maximum Gasteiger partial charge on any atom is 0.267 e. The third kappa shape index (κ3) is 3.33. The van der Waals surface area contributed by atoms with E-state index in [-0.39, 0.29) is 11.8 Å². The second-order valence-electron chi connectivity index (χ2n) is 6.11. The highest BCUT2D eigenvalue weighted by Gasteiger charge is 2.27. The van der Waals surface area contributed by atoms with Gasteiger partial charge in [-0.2, -0.15) is 0 Å². The first kappa shape index (κ1) is 16.6. The van der Waals surface area contributed by atoms with Gasteiger partial charge in [0.15, 0.2) is 5.13 Å². The molecule has 0 unspecified atom stereocenters. The van der Waals surface area contributed by atoms with Crippen LogP contribution in [-0.4, -0.2) is 23.3 Å². The van der Waals surface area contributed by atoms with E-state index in [1.807, 2.05) is 32.9 Å². The van der Waals surface area contributed by atoms with Gasteiger partial charge >= 0.3 is 0 Å². The zero-order valence-corrected chi connectivity index (χ0v) is 15.0. The summed E-state index contributed by atoms with van der Waals surface area (Å²) in [5.74, 6) is -0.0695. The minimum atomic E-state index is -0.160. The van der Waals surface area contributed by atoms with Gasteiger partial charge in [0.05, 0.1) is 5.69 Å². The van der Waals surface area contributed by atoms with Crippen LogP contribution in [0.4, 0.5) is 10.8 Å². The van der Waals surface area contributed by atoms with Crippen molar-refractivity contribution in [2.75, 3.05) is 16.8 Å². The number of amides is 2. The molecule has 0 aliphatic carbocycles. The number of hydrogen-bond donors (Lipinski definition) is 1. The van der Waals surface area contributed by atoms with Gasteiger partial charge in [0.2, 0.25) is 5.91 Å². The van der Waals surface area contributed by atoms with Gasteiger partial charge in [-0.25, -0.2) is 4.98 Å². The number of thiazole rings is 1. The Morgan fingerprint density at radius 2 is 2.00 bits per heavy atom. The molecule has 1 fully saturated rings. The van der Waals surface area contributed by atoms with E-state index in [0.29, 0.717) is 29.4 Å². The first-order chi connectivity index (χ1) is 11.5. The maximum atomic E-state index is 12.7. The van der Waals surface area contributed by atoms with E-state index in [4.69, 9.17) is 0 Å². The van der Waals surface area contributed by atoms with Crippen molar-refractivity contribution >= 4 is 34.0 Å². The number of aromatic nitrogens is 1. The van der Waals surface area contributed by atoms with Crippen LogP contribution in [0, 0.1) is 13.8 Å². The van der Waals surface area contributed by atoms with Crippen LogP contribution in [0.2, 0.25) is 0 Å². The highest BCUT2D eigenvalue weighted by atomic mass is 32.1. The first-order valence-electron chi connectivity index (χ1n) is 8.17. The molecule has 24 heavy (non-hydrogen) atoms. The monoisotopic (exact) mass is 343 g/mol. The number of carbonyl (C=O) groups is 2. The van der Waals surface area contributed by atoms with E-state index >= 15 is 0 Å².